The van der Waals surface area contributed by atoms with E-state index in [0.717, 1.165) is 67.8 Å². The third kappa shape index (κ3) is 6.39. The van der Waals surface area contributed by atoms with Gasteiger partial charge in [-0.2, -0.15) is 0 Å². The van der Waals surface area contributed by atoms with E-state index in [0.29, 0.717) is 11.8 Å². The summed E-state index contributed by atoms with van der Waals surface area (Å²) in [6.45, 7) is 0. The van der Waals surface area contributed by atoms with Gasteiger partial charge in [0.25, 0.3) is 0 Å². The van der Waals surface area contributed by atoms with E-state index >= 15 is 0 Å². The van der Waals surface area contributed by atoms with Crippen LogP contribution in [0.1, 0.15) is 23.6 Å². The van der Waals surface area contributed by atoms with Crippen molar-refractivity contribution in [3.05, 3.63) is 206 Å². The van der Waals surface area contributed by atoms with Gasteiger partial charge in [-0.1, -0.05) is 84.9 Å². The fraction of sp³-hybridized carbons (Fsp3) is 0.0417. The number of fused-ring (bicyclic) bond motifs is 2. The number of anilines is 8. The van der Waals surface area contributed by atoms with E-state index in [9.17, 15) is 0 Å². The average molecular weight is 729 g/mol. The van der Waals surface area contributed by atoms with Gasteiger partial charge in [-0.15, -0.1) is 0 Å². The predicted octanol–water partition coefficient (Wildman–Crippen LogP) is 12.1. The summed E-state index contributed by atoms with van der Waals surface area (Å²) in [6, 6.07) is 63.1. The van der Waals surface area contributed by atoms with Crippen LogP contribution in [-0.4, -0.2) is 9.97 Å². The summed E-state index contributed by atoms with van der Waals surface area (Å²) >= 11 is 0. The first kappa shape index (κ1) is 33.0. The van der Waals surface area contributed by atoms with Crippen LogP contribution in [0.15, 0.2) is 194 Å². The molecule has 0 saturated carbocycles. The van der Waals surface area contributed by atoms with Crippen LogP contribution in [0.4, 0.5) is 45.5 Å². The van der Waals surface area contributed by atoms with Crippen molar-refractivity contribution >= 4 is 45.5 Å². The smallest absolute Gasteiger partial charge is 0.239 e. The van der Waals surface area contributed by atoms with Crippen molar-refractivity contribution in [3.63, 3.8) is 0 Å². The first-order valence-corrected chi connectivity index (χ1v) is 18.6. The quantitative estimate of drug-likeness (QED) is 0.152. The van der Waals surface area contributed by atoms with Crippen molar-refractivity contribution in [1.82, 2.24) is 9.97 Å². The number of pyridine rings is 2. The highest BCUT2D eigenvalue weighted by atomic mass is 16.5. The zero-order chi connectivity index (χ0) is 37.3. The van der Waals surface area contributed by atoms with E-state index in [2.05, 4.69) is 176 Å². The van der Waals surface area contributed by atoms with Gasteiger partial charge in [0.1, 0.15) is 11.4 Å². The SMILES string of the molecule is c1ccc(N(c2ccccc2)c2ccc(-c3ccc(N(c4ccc(C5Nc6cccnc6O5)cc4)c4ccc(C5Nc6cccnc6O5)cc4)cc3)cc2)cc1. The molecule has 270 valence electrons. The maximum Gasteiger partial charge on any atom is 0.239 e. The molecule has 0 aliphatic carbocycles. The molecule has 0 saturated heterocycles. The summed E-state index contributed by atoms with van der Waals surface area (Å²) in [5.41, 5.74) is 12.5. The molecule has 56 heavy (non-hydrogen) atoms. The topological polar surface area (TPSA) is 74.8 Å². The van der Waals surface area contributed by atoms with E-state index in [1.165, 1.54) is 0 Å². The Hall–Kier alpha value is -7.58. The molecule has 0 spiro atoms. The van der Waals surface area contributed by atoms with Crippen LogP contribution in [-0.2, 0) is 0 Å². The molecule has 0 radical (unpaired) electrons. The number of nitrogens with zero attached hydrogens (tertiary/aromatic N) is 4. The number of aromatic nitrogens is 2. The Bertz CT molecular complexity index is 2400. The van der Waals surface area contributed by atoms with Crippen LogP contribution in [0.2, 0.25) is 0 Å². The number of hydrogen-bond acceptors (Lipinski definition) is 8. The Morgan fingerprint density at radius 3 is 1.05 bits per heavy atom. The maximum atomic E-state index is 6.11. The minimum absolute atomic E-state index is 0.308. The minimum Gasteiger partial charge on any atom is -0.448 e. The molecule has 8 heteroatoms. The molecule has 8 aromatic rings. The zero-order valence-corrected chi connectivity index (χ0v) is 30.2. The second-order valence-electron chi connectivity index (χ2n) is 13.6. The minimum atomic E-state index is -0.308. The highest BCUT2D eigenvalue weighted by molar-refractivity contribution is 5.81. The number of nitrogens with one attached hydrogen (secondary N) is 2. The van der Waals surface area contributed by atoms with Crippen LogP contribution in [0, 0.1) is 0 Å². The van der Waals surface area contributed by atoms with Crippen molar-refractivity contribution in [1.29, 1.82) is 0 Å². The van der Waals surface area contributed by atoms with Crippen LogP contribution < -0.4 is 29.9 Å². The Balaban J connectivity index is 0.943. The third-order valence-corrected chi connectivity index (χ3v) is 10.1. The fourth-order valence-corrected chi connectivity index (χ4v) is 7.31. The summed E-state index contributed by atoms with van der Waals surface area (Å²) in [4.78, 5) is 13.3. The van der Waals surface area contributed by atoms with Crippen molar-refractivity contribution in [3.8, 4) is 22.9 Å². The first-order chi connectivity index (χ1) is 27.7. The van der Waals surface area contributed by atoms with E-state index in [1.807, 2.05) is 36.4 Å². The molecule has 2 aliphatic rings. The maximum absolute atomic E-state index is 6.11. The van der Waals surface area contributed by atoms with E-state index in [4.69, 9.17) is 9.47 Å². The summed E-state index contributed by atoms with van der Waals surface area (Å²) in [7, 11) is 0. The van der Waals surface area contributed by atoms with Gasteiger partial charge >= 0.3 is 0 Å². The van der Waals surface area contributed by atoms with E-state index in [-0.39, 0.29) is 12.5 Å². The molecule has 4 heterocycles. The lowest BCUT2D eigenvalue weighted by atomic mass is 10.0. The van der Waals surface area contributed by atoms with Gasteiger partial charge < -0.3 is 29.9 Å². The average Bonchev–Trinajstić information content (AvgIpc) is 3.91. The van der Waals surface area contributed by atoms with E-state index in [1.54, 1.807) is 12.4 Å². The van der Waals surface area contributed by atoms with Crippen molar-refractivity contribution in [2.75, 3.05) is 20.4 Å². The first-order valence-electron chi connectivity index (χ1n) is 18.6. The number of hydrogen-bond donors (Lipinski definition) is 2. The Morgan fingerprint density at radius 2 is 0.696 bits per heavy atom. The summed E-state index contributed by atoms with van der Waals surface area (Å²) < 4.78 is 12.2. The Kier molecular flexibility index (Phi) is 8.46. The highest BCUT2D eigenvalue weighted by Gasteiger charge is 2.26. The summed E-state index contributed by atoms with van der Waals surface area (Å²) in [6.07, 6.45) is 2.87. The predicted molar refractivity (Wildman–Crippen MR) is 224 cm³/mol. The van der Waals surface area contributed by atoms with Crippen LogP contribution in [0.3, 0.4) is 0 Å². The molecular formula is C48H36N6O2. The van der Waals surface area contributed by atoms with Gasteiger partial charge in [0.05, 0.1) is 0 Å². The molecule has 2 aromatic heterocycles. The lowest BCUT2D eigenvalue weighted by Crippen LogP contribution is -2.13. The normalized spacial score (nSPS) is 15.0. The van der Waals surface area contributed by atoms with Crippen LogP contribution in [0.5, 0.6) is 11.8 Å². The number of ether oxygens (including phenoxy) is 2. The monoisotopic (exact) mass is 728 g/mol. The standard InChI is InChI=1S/C48H36N6O2/c1-3-9-37(10-4-1)53(38-11-5-2-6-12-38)39-23-15-33(16-24-39)34-17-25-40(26-18-34)54(41-27-19-35(20-28-41)45-51-43-13-7-31-49-47(43)55-45)42-29-21-36(22-30-42)46-52-44-14-8-32-50-48(44)56-46/h1-32,45-46,51-52H. The zero-order valence-electron chi connectivity index (χ0n) is 30.2. The molecule has 10 rings (SSSR count). The largest absolute Gasteiger partial charge is 0.448 e. The molecule has 2 unspecified atom stereocenters. The highest BCUT2D eigenvalue weighted by Crippen LogP contribution is 2.41. The van der Waals surface area contributed by atoms with Gasteiger partial charge in [0, 0.05) is 57.6 Å². The second-order valence-corrected chi connectivity index (χ2v) is 13.6. The molecule has 0 bridgehead atoms. The van der Waals surface area contributed by atoms with Gasteiger partial charge in [-0.3, -0.25) is 0 Å². The van der Waals surface area contributed by atoms with Crippen LogP contribution >= 0.6 is 0 Å². The van der Waals surface area contributed by atoms with Gasteiger partial charge in [0.2, 0.25) is 11.8 Å². The van der Waals surface area contributed by atoms with Gasteiger partial charge in [0.15, 0.2) is 12.5 Å². The molecular weight excluding hydrogens is 693 g/mol. The molecule has 0 fully saturated rings. The summed E-state index contributed by atoms with van der Waals surface area (Å²) in [5, 5.41) is 6.85. The molecule has 2 N–H and O–H groups in total. The number of rotatable bonds is 9. The van der Waals surface area contributed by atoms with Gasteiger partial charge in [-0.25, -0.2) is 9.97 Å². The Labute approximate surface area is 325 Å². The van der Waals surface area contributed by atoms with Crippen molar-refractivity contribution in [2.24, 2.45) is 0 Å². The number of para-hydroxylation sites is 2. The van der Waals surface area contributed by atoms with E-state index < -0.39 is 0 Å². The van der Waals surface area contributed by atoms with Crippen molar-refractivity contribution in [2.45, 2.75) is 12.5 Å². The van der Waals surface area contributed by atoms with Crippen molar-refractivity contribution < 1.29 is 9.47 Å². The summed E-state index contributed by atoms with van der Waals surface area (Å²) in [5.74, 6) is 1.23. The molecule has 8 nitrogen and oxygen atoms in total. The molecule has 6 aromatic carbocycles. The molecule has 2 atom stereocenters. The fourth-order valence-electron chi connectivity index (χ4n) is 7.31. The Morgan fingerprint density at radius 1 is 0.357 bits per heavy atom. The van der Waals surface area contributed by atoms with Gasteiger partial charge in [-0.05, 0) is 108 Å². The lowest BCUT2D eigenvalue weighted by molar-refractivity contribution is 0.250. The third-order valence-electron chi connectivity index (χ3n) is 10.1. The van der Waals surface area contributed by atoms with Crippen LogP contribution in [0.25, 0.3) is 11.1 Å². The molecule has 2 aliphatic heterocycles. The second kappa shape index (κ2) is 14.3. The lowest BCUT2D eigenvalue weighted by Gasteiger charge is -2.27. The number of benzene rings is 6. The molecule has 0 amide bonds.